The standard InChI is InChI=1S/C21H23N3O2/c1-25-16-6-4-15(5-7-16)19-22-17-8-9-18(23-20(17)26-19)24-13-12-21(14-24)10-2-3-11-21/h4-9H,2-3,10-14H2,1H3. The van der Waals surface area contributed by atoms with Crippen molar-refractivity contribution in [3.05, 3.63) is 36.4 Å². The zero-order valence-electron chi connectivity index (χ0n) is 15.1. The third kappa shape index (κ3) is 2.62. The lowest BCUT2D eigenvalue weighted by molar-refractivity contribution is 0.340. The molecule has 1 spiro atoms. The van der Waals surface area contributed by atoms with Gasteiger partial charge in [-0.25, -0.2) is 4.98 Å². The number of ether oxygens (including phenoxy) is 1. The van der Waals surface area contributed by atoms with Crippen molar-refractivity contribution in [1.82, 2.24) is 9.97 Å². The molecule has 1 saturated heterocycles. The first-order valence-corrected chi connectivity index (χ1v) is 9.42. The lowest BCUT2D eigenvalue weighted by atomic mass is 9.86. The second kappa shape index (κ2) is 6.01. The second-order valence-corrected chi connectivity index (χ2v) is 7.62. The van der Waals surface area contributed by atoms with Gasteiger partial charge in [0.25, 0.3) is 0 Å². The summed E-state index contributed by atoms with van der Waals surface area (Å²) < 4.78 is 11.2. The van der Waals surface area contributed by atoms with Gasteiger partial charge in [0.2, 0.25) is 11.6 Å². The number of aromatic nitrogens is 2. The SMILES string of the molecule is COc1ccc(-c2nc3ccc(N4CCC5(CCCC5)C4)nc3o2)cc1. The Morgan fingerprint density at radius 1 is 1.00 bits per heavy atom. The second-order valence-electron chi connectivity index (χ2n) is 7.62. The zero-order chi connectivity index (χ0) is 17.6. The number of nitrogens with zero attached hydrogens (tertiary/aromatic N) is 3. The Labute approximate surface area is 153 Å². The molecule has 1 aliphatic heterocycles. The van der Waals surface area contributed by atoms with Gasteiger partial charge in [0.1, 0.15) is 17.1 Å². The van der Waals surface area contributed by atoms with Crippen LogP contribution in [0.1, 0.15) is 32.1 Å². The Kier molecular flexibility index (Phi) is 3.62. The van der Waals surface area contributed by atoms with Gasteiger partial charge in [-0.05, 0) is 61.1 Å². The van der Waals surface area contributed by atoms with Gasteiger partial charge in [0.05, 0.1) is 7.11 Å². The van der Waals surface area contributed by atoms with Crippen LogP contribution in [0.25, 0.3) is 22.7 Å². The van der Waals surface area contributed by atoms with E-state index in [1.165, 1.54) is 32.1 Å². The van der Waals surface area contributed by atoms with Gasteiger partial charge in [-0.2, -0.15) is 4.98 Å². The minimum atomic E-state index is 0.534. The summed E-state index contributed by atoms with van der Waals surface area (Å²) in [6.45, 7) is 2.23. The molecular formula is C21H23N3O2. The molecule has 5 heteroatoms. The highest BCUT2D eigenvalue weighted by Gasteiger charge is 2.40. The summed E-state index contributed by atoms with van der Waals surface area (Å²) in [5, 5.41) is 0. The highest BCUT2D eigenvalue weighted by atomic mass is 16.5. The number of methoxy groups -OCH3 is 1. The van der Waals surface area contributed by atoms with Crippen molar-refractivity contribution < 1.29 is 9.15 Å². The molecule has 0 atom stereocenters. The lowest BCUT2D eigenvalue weighted by Gasteiger charge is -2.23. The Balaban J connectivity index is 1.43. The monoisotopic (exact) mass is 349 g/mol. The van der Waals surface area contributed by atoms with E-state index in [9.17, 15) is 0 Å². The number of anilines is 1. The van der Waals surface area contributed by atoms with Crippen LogP contribution in [-0.2, 0) is 0 Å². The number of oxazole rings is 1. The summed E-state index contributed by atoms with van der Waals surface area (Å²) >= 11 is 0. The van der Waals surface area contributed by atoms with E-state index in [0.717, 1.165) is 35.7 Å². The number of hydrogen-bond donors (Lipinski definition) is 0. The fourth-order valence-electron chi connectivity index (χ4n) is 4.50. The molecule has 26 heavy (non-hydrogen) atoms. The van der Waals surface area contributed by atoms with Gasteiger partial charge in [0, 0.05) is 18.7 Å². The van der Waals surface area contributed by atoms with E-state index < -0.39 is 0 Å². The third-order valence-electron chi connectivity index (χ3n) is 6.00. The van der Waals surface area contributed by atoms with E-state index in [1.54, 1.807) is 7.11 Å². The van der Waals surface area contributed by atoms with Crippen molar-refractivity contribution in [2.45, 2.75) is 32.1 Å². The van der Waals surface area contributed by atoms with Gasteiger partial charge < -0.3 is 14.1 Å². The maximum Gasteiger partial charge on any atom is 0.249 e. The first kappa shape index (κ1) is 15.7. The molecule has 5 rings (SSSR count). The molecule has 2 fully saturated rings. The molecule has 5 nitrogen and oxygen atoms in total. The van der Waals surface area contributed by atoms with Crippen LogP contribution in [-0.4, -0.2) is 30.2 Å². The van der Waals surface area contributed by atoms with E-state index in [4.69, 9.17) is 14.1 Å². The summed E-state index contributed by atoms with van der Waals surface area (Å²) in [6.07, 6.45) is 6.80. The average Bonchev–Trinajstić information content (AvgIpc) is 3.42. The normalized spacial score (nSPS) is 18.9. The molecule has 1 aromatic carbocycles. The maximum absolute atomic E-state index is 5.96. The van der Waals surface area contributed by atoms with Gasteiger partial charge in [0.15, 0.2) is 0 Å². The van der Waals surface area contributed by atoms with Crippen LogP contribution in [0.15, 0.2) is 40.8 Å². The Morgan fingerprint density at radius 3 is 2.58 bits per heavy atom. The van der Waals surface area contributed by atoms with Crippen molar-refractivity contribution in [3.8, 4) is 17.2 Å². The first-order valence-electron chi connectivity index (χ1n) is 9.42. The van der Waals surface area contributed by atoms with Crippen LogP contribution in [0.3, 0.4) is 0 Å². The van der Waals surface area contributed by atoms with Crippen LogP contribution in [0.4, 0.5) is 5.82 Å². The molecule has 1 aliphatic carbocycles. The fraction of sp³-hybridized carbons (Fsp3) is 0.429. The van der Waals surface area contributed by atoms with Gasteiger partial charge in [-0.1, -0.05) is 12.8 Å². The number of pyridine rings is 1. The van der Waals surface area contributed by atoms with Gasteiger partial charge in [-0.3, -0.25) is 0 Å². The molecule has 0 bridgehead atoms. The minimum Gasteiger partial charge on any atom is -0.497 e. The molecule has 2 aromatic heterocycles. The third-order valence-corrected chi connectivity index (χ3v) is 6.00. The van der Waals surface area contributed by atoms with Crippen LogP contribution in [0.5, 0.6) is 5.75 Å². The van der Waals surface area contributed by atoms with Crippen molar-refractivity contribution >= 4 is 17.0 Å². The minimum absolute atomic E-state index is 0.534. The van der Waals surface area contributed by atoms with Crippen LogP contribution < -0.4 is 9.64 Å². The molecule has 0 N–H and O–H groups in total. The molecule has 134 valence electrons. The Morgan fingerprint density at radius 2 is 1.81 bits per heavy atom. The summed E-state index contributed by atoms with van der Waals surface area (Å²) in [6, 6.07) is 11.8. The number of rotatable bonds is 3. The molecule has 1 saturated carbocycles. The highest BCUT2D eigenvalue weighted by molar-refractivity contribution is 5.74. The molecule has 0 radical (unpaired) electrons. The summed E-state index contributed by atoms with van der Waals surface area (Å²) in [5.74, 6) is 2.43. The number of hydrogen-bond acceptors (Lipinski definition) is 5. The number of fused-ring (bicyclic) bond motifs is 1. The van der Waals surface area contributed by atoms with Gasteiger partial charge >= 0.3 is 0 Å². The topological polar surface area (TPSA) is 51.4 Å². The van der Waals surface area contributed by atoms with E-state index >= 15 is 0 Å². The van der Waals surface area contributed by atoms with E-state index in [2.05, 4.69) is 16.0 Å². The maximum atomic E-state index is 5.96. The predicted molar refractivity (Wildman–Crippen MR) is 102 cm³/mol. The van der Waals surface area contributed by atoms with Crippen molar-refractivity contribution in [1.29, 1.82) is 0 Å². The fourth-order valence-corrected chi connectivity index (χ4v) is 4.50. The first-order chi connectivity index (χ1) is 12.7. The molecule has 3 aromatic rings. The van der Waals surface area contributed by atoms with Gasteiger partial charge in [-0.15, -0.1) is 0 Å². The van der Waals surface area contributed by atoms with Crippen molar-refractivity contribution in [2.75, 3.05) is 25.1 Å². The number of benzene rings is 1. The lowest BCUT2D eigenvalue weighted by Crippen LogP contribution is -2.25. The Hall–Kier alpha value is -2.56. The molecular weight excluding hydrogens is 326 g/mol. The molecule has 0 unspecified atom stereocenters. The summed E-state index contributed by atoms with van der Waals surface area (Å²) in [4.78, 5) is 11.8. The quantitative estimate of drug-likeness (QED) is 0.688. The summed E-state index contributed by atoms with van der Waals surface area (Å²) in [5.41, 5.74) is 2.87. The summed E-state index contributed by atoms with van der Waals surface area (Å²) in [7, 11) is 1.66. The average molecular weight is 349 g/mol. The van der Waals surface area contributed by atoms with Crippen LogP contribution in [0, 0.1) is 5.41 Å². The van der Waals surface area contributed by atoms with Crippen LogP contribution >= 0.6 is 0 Å². The zero-order valence-corrected chi connectivity index (χ0v) is 15.1. The molecule has 2 aliphatic rings. The predicted octanol–water partition coefficient (Wildman–Crippen LogP) is 4.67. The van der Waals surface area contributed by atoms with E-state index in [0.29, 0.717) is 17.0 Å². The molecule has 3 heterocycles. The van der Waals surface area contributed by atoms with E-state index in [-0.39, 0.29) is 0 Å². The van der Waals surface area contributed by atoms with Crippen LogP contribution in [0.2, 0.25) is 0 Å². The van der Waals surface area contributed by atoms with Crippen molar-refractivity contribution in [2.24, 2.45) is 5.41 Å². The smallest absolute Gasteiger partial charge is 0.249 e. The van der Waals surface area contributed by atoms with Crippen molar-refractivity contribution in [3.63, 3.8) is 0 Å². The Bertz CT molecular complexity index is 926. The highest BCUT2D eigenvalue weighted by Crippen LogP contribution is 2.46. The largest absolute Gasteiger partial charge is 0.497 e. The van der Waals surface area contributed by atoms with E-state index in [1.807, 2.05) is 30.3 Å². The molecule has 0 amide bonds.